The minimum atomic E-state index is -1.24. The number of halogens is 1. The number of aryl methyl sites for hydroxylation is 1. The quantitative estimate of drug-likeness (QED) is 0.470. The summed E-state index contributed by atoms with van der Waals surface area (Å²) in [6.45, 7) is 1.31. The van der Waals surface area contributed by atoms with E-state index in [0.29, 0.717) is 10.6 Å². The second-order valence-corrected chi connectivity index (χ2v) is 9.52. The lowest BCUT2D eigenvalue weighted by molar-refractivity contribution is -0.127. The third-order valence-electron chi connectivity index (χ3n) is 6.01. The van der Waals surface area contributed by atoms with Gasteiger partial charge in [0.25, 0.3) is 11.8 Å². The van der Waals surface area contributed by atoms with Crippen LogP contribution in [0.1, 0.15) is 59.3 Å². The van der Waals surface area contributed by atoms with Gasteiger partial charge in [0.15, 0.2) is 6.04 Å². The molecule has 1 aromatic carbocycles. The Kier molecular flexibility index (Phi) is 7.97. The number of hydrogen-bond acceptors (Lipinski definition) is 5. The molecule has 0 aliphatic heterocycles. The standard InChI is InChI=1S/C26H28FN3O4S/c1-17-13-14-21(34-17)24(26(33)29-18-8-3-2-4-9-18)30(20-11-6-5-10-19(20)27)23(31)16-28-25(32)22-12-7-15-35-22/h5-7,10-15,18,24H,2-4,8-9,16H2,1H3,(H,28,32)(H,29,33)/t24-/m0/s1. The molecule has 3 aromatic rings. The number of rotatable bonds is 8. The molecule has 184 valence electrons. The summed E-state index contributed by atoms with van der Waals surface area (Å²) >= 11 is 1.24. The molecule has 0 bridgehead atoms. The molecule has 1 fully saturated rings. The van der Waals surface area contributed by atoms with Crippen LogP contribution in [-0.2, 0) is 9.59 Å². The molecule has 2 aromatic heterocycles. The topological polar surface area (TPSA) is 91.7 Å². The molecule has 2 N–H and O–H groups in total. The van der Waals surface area contributed by atoms with Crippen molar-refractivity contribution in [3.8, 4) is 0 Å². The monoisotopic (exact) mass is 497 g/mol. The van der Waals surface area contributed by atoms with Crippen LogP contribution in [-0.4, -0.2) is 30.3 Å². The van der Waals surface area contributed by atoms with Crippen molar-refractivity contribution in [1.29, 1.82) is 0 Å². The first-order valence-corrected chi connectivity index (χ1v) is 12.6. The number of nitrogens with zero attached hydrogens (tertiary/aromatic N) is 1. The summed E-state index contributed by atoms with van der Waals surface area (Å²) in [4.78, 5) is 41.1. The van der Waals surface area contributed by atoms with Crippen LogP contribution in [0.25, 0.3) is 0 Å². The van der Waals surface area contributed by atoms with Crippen LogP contribution >= 0.6 is 11.3 Å². The average molecular weight is 498 g/mol. The van der Waals surface area contributed by atoms with Crippen molar-refractivity contribution in [2.75, 3.05) is 11.4 Å². The second kappa shape index (κ2) is 11.3. The number of carbonyl (C=O) groups is 3. The number of thiophene rings is 1. The fourth-order valence-electron chi connectivity index (χ4n) is 4.30. The predicted molar refractivity (Wildman–Crippen MR) is 132 cm³/mol. The van der Waals surface area contributed by atoms with E-state index in [-0.39, 0.29) is 17.5 Å². The third kappa shape index (κ3) is 5.97. The van der Waals surface area contributed by atoms with Crippen molar-refractivity contribution >= 4 is 34.7 Å². The molecular formula is C26H28FN3O4S. The van der Waals surface area contributed by atoms with Crippen LogP contribution in [0.5, 0.6) is 0 Å². The van der Waals surface area contributed by atoms with Gasteiger partial charge in [-0.2, -0.15) is 0 Å². The average Bonchev–Trinajstić information content (AvgIpc) is 3.54. The summed E-state index contributed by atoms with van der Waals surface area (Å²) < 4.78 is 20.8. The molecule has 9 heteroatoms. The summed E-state index contributed by atoms with van der Waals surface area (Å²) in [6.07, 6.45) is 4.84. The maximum absolute atomic E-state index is 15.0. The molecule has 1 saturated carbocycles. The van der Waals surface area contributed by atoms with E-state index in [1.54, 1.807) is 42.6 Å². The number of nitrogens with one attached hydrogen (secondary N) is 2. The summed E-state index contributed by atoms with van der Waals surface area (Å²) in [5.41, 5.74) is -0.0688. The van der Waals surface area contributed by atoms with E-state index in [9.17, 15) is 18.8 Å². The van der Waals surface area contributed by atoms with Gasteiger partial charge in [-0.05, 0) is 55.5 Å². The molecule has 1 aliphatic carbocycles. The highest BCUT2D eigenvalue weighted by Gasteiger charge is 2.37. The van der Waals surface area contributed by atoms with E-state index < -0.39 is 36.1 Å². The summed E-state index contributed by atoms with van der Waals surface area (Å²) in [5.74, 6) is -1.40. The molecule has 0 saturated heterocycles. The van der Waals surface area contributed by atoms with Gasteiger partial charge in [-0.3, -0.25) is 19.3 Å². The van der Waals surface area contributed by atoms with E-state index in [1.165, 1.54) is 29.5 Å². The smallest absolute Gasteiger partial charge is 0.261 e. The number of carbonyl (C=O) groups excluding carboxylic acids is 3. The lowest BCUT2D eigenvalue weighted by Gasteiger charge is -2.32. The SMILES string of the molecule is Cc1ccc([C@@H](C(=O)NC2CCCCC2)N(C(=O)CNC(=O)c2cccs2)c2ccccc2F)o1. The van der Waals surface area contributed by atoms with Crippen molar-refractivity contribution in [1.82, 2.24) is 10.6 Å². The minimum absolute atomic E-state index is 0.0223. The Labute approximate surface area is 207 Å². The Morgan fingerprint density at radius 3 is 2.51 bits per heavy atom. The van der Waals surface area contributed by atoms with Crippen molar-refractivity contribution in [3.63, 3.8) is 0 Å². The molecule has 0 unspecified atom stereocenters. The third-order valence-corrected chi connectivity index (χ3v) is 6.88. The summed E-state index contributed by atoms with van der Waals surface area (Å²) in [7, 11) is 0. The van der Waals surface area contributed by atoms with E-state index in [4.69, 9.17) is 4.42 Å². The van der Waals surface area contributed by atoms with Gasteiger partial charge in [0.05, 0.1) is 17.1 Å². The first-order chi connectivity index (χ1) is 16.9. The molecule has 7 nitrogen and oxygen atoms in total. The van der Waals surface area contributed by atoms with Gasteiger partial charge in [-0.15, -0.1) is 11.3 Å². The fourth-order valence-corrected chi connectivity index (χ4v) is 4.94. The first-order valence-electron chi connectivity index (χ1n) is 11.7. The zero-order chi connectivity index (χ0) is 24.8. The molecule has 1 aliphatic rings. The van der Waals surface area contributed by atoms with Crippen molar-refractivity contribution in [2.24, 2.45) is 0 Å². The zero-order valence-electron chi connectivity index (χ0n) is 19.5. The Hall–Kier alpha value is -3.46. The normalized spacial score (nSPS) is 14.8. The van der Waals surface area contributed by atoms with E-state index in [0.717, 1.165) is 37.0 Å². The van der Waals surface area contributed by atoms with Crippen LogP contribution in [0.3, 0.4) is 0 Å². The highest BCUT2D eigenvalue weighted by Crippen LogP contribution is 2.31. The number of furan rings is 1. The molecule has 3 amide bonds. The highest BCUT2D eigenvalue weighted by atomic mass is 32.1. The van der Waals surface area contributed by atoms with Crippen LogP contribution in [0.4, 0.5) is 10.1 Å². The summed E-state index contributed by atoms with van der Waals surface area (Å²) in [5, 5.41) is 7.38. The molecule has 35 heavy (non-hydrogen) atoms. The number of amides is 3. The molecule has 0 radical (unpaired) electrons. The van der Waals surface area contributed by atoms with Gasteiger partial charge < -0.3 is 15.1 Å². The molecular weight excluding hydrogens is 469 g/mol. The fraction of sp³-hybridized carbons (Fsp3) is 0.346. The zero-order valence-corrected chi connectivity index (χ0v) is 20.3. The van der Waals surface area contributed by atoms with Gasteiger partial charge in [0.1, 0.15) is 17.3 Å². The molecule has 2 heterocycles. The summed E-state index contributed by atoms with van der Waals surface area (Å²) in [6, 6.07) is 11.2. The van der Waals surface area contributed by atoms with Gasteiger partial charge in [0.2, 0.25) is 5.91 Å². The first kappa shape index (κ1) is 24.7. The van der Waals surface area contributed by atoms with Gasteiger partial charge in [-0.1, -0.05) is 37.5 Å². The van der Waals surface area contributed by atoms with E-state index in [1.807, 2.05) is 0 Å². The van der Waals surface area contributed by atoms with Gasteiger partial charge in [0, 0.05) is 6.04 Å². The van der Waals surface area contributed by atoms with Crippen LogP contribution in [0.2, 0.25) is 0 Å². The Morgan fingerprint density at radius 1 is 1.09 bits per heavy atom. The number of anilines is 1. The van der Waals surface area contributed by atoms with Crippen molar-refractivity contribution in [2.45, 2.75) is 51.1 Å². The van der Waals surface area contributed by atoms with Gasteiger partial charge >= 0.3 is 0 Å². The second-order valence-electron chi connectivity index (χ2n) is 8.57. The van der Waals surface area contributed by atoms with Crippen LogP contribution in [0.15, 0.2) is 58.3 Å². The lowest BCUT2D eigenvalue weighted by atomic mass is 9.95. The largest absolute Gasteiger partial charge is 0.464 e. The highest BCUT2D eigenvalue weighted by molar-refractivity contribution is 7.12. The van der Waals surface area contributed by atoms with E-state index >= 15 is 0 Å². The van der Waals surface area contributed by atoms with E-state index in [2.05, 4.69) is 10.6 Å². The predicted octanol–water partition coefficient (Wildman–Crippen LogP) is 4.74. The lowest BCUT2D eigenvalue weighted by Crippen LogP contribution is -2.49. The molecule has 1 atom stereocenters. The maximum atomic E-state index is 15.0. The number of benzene rings is 1. The molecule has 0 spiro atoms. The van der Waals surface area contributed by atoms with Crippen LogP contribution in [0, 0.1) is 12.7 Å². The Balaban J connectivity index is 1.66. The number of hydrogen-bond donors (Lipinski definition) is 2. The minimum Gasteiger partial charge on any atom is -0.464 e. The van der Waals surface area contributed by atoms with Crippen molar-refractivity contribution in [3.05, 3.63) is 76.1 Å². The van der Waals surface area contributed by atoms with Gasteiger partial charge in [-0.25, -0.2) is 4.39 Å². The Morgan fingerprint density at radius 2 is 1.86 bits per heavy atom. The molecule has 4 rings (SSSR count). The maximum Gasteiger partial charge on any atom is 0.261 e. The Bertz CT molecular complexity index is 1170. The van der Waals surface area contributed by atoms with Crippen molar-refractivity contribution < 1.29 is 23.2 Å². The number of para-hydroxylation sites is 1. The van der Waals surface area contributed by atoms with Crippen LogP contribution < -0.4 is 15.5 Å².